The number of Topliss-reactive ketones (excluding diaryl/α,β-unsaturated/α-hetero) is 1. The van der Waals surface area contributed by atoms with Crippen LogP contribution in [0.15, 0.2) is 40.2 Å². The second kappa shape index (κ2) is 6.67. The van der Waals surface area contributed by atoms with Gasteiger partial charge >= 0.3 is 5.97 Å². The van der Waals surface area contributed by atoms with E-state index in [4.69, 9.17) is 9.47 Å². The molecule has 0 atom stereocenters. The summed E-state index contributed by atoms with van der Waals surface area (Å²) < 4.78 is 10.9. The lowest BCUT2D eigenvalue weighted by molar-refractivity contribution is 0.0476. The van der Waals surface area contributed by atoms with E-state index >= 15 is 0 Å². The Morgan fingerprint density at radius 2 is 1.85 bits per heavy atom. The first-order valence-electron chi connectivity index (χ1n) is 5.70. The molecule has 0 N–H and O–H groups in total. The van der Waals surface area contributed by atoms with Gasteiger partial charge in [-0.25, -0.2) is 4.79 Å². The van der Waals surface area contributed by atoms with E-state index in [9.17, 15) is 9.59 Å². The van der Waals surface area contributed by atoms with E-state index in [-0.39, 0.29) is 12.4 Å². The fourth-order valence-electron chi connectivity index (χ4n) is 1.48. The number of methoxy groups -OCH3 is 1. The number of benzene rings is 1. The minimum absolute atomic E-state index is 0.220. The summed E-state index contributed by atoms with van der Waals surface area (Å²) in [6.45, 7) is -0.266. The van der Waals surface area contributed by atoms with Crippen LogP contribution in [0.25, 0.3) is 0 Å². The molecule has 20 heavy (non-hydrogen) atoms. The Morgan fingerprint density at radius 1 is 1.15 bits per heavy atom. The number of ether oxygens (including phenoxy) is 2. The molecule has 0 aliphatic carbocycles. The highest BCUT2D eigenvalue weighted by Crippen LogP contribution is 2.22. The topological polar surface area (TPSA) is 52.6 Å². The van der Waals surface area contributed by atoms with Crippen molar-refractivity contribution < 1.29 is 19.1 Å². The van der Waals surface area contributed by atoms with Gasteiger partial charge in [0.25, 0.3) is 0 Å². The lowest BCUT2D eigenvalue weighted by Crippen LogP contribution is -2.13. The summed E-state index contributed by atoms with van der Waals surface area (Å²) >= 11 is 4.58. The predicted molar refractivity (Wildman–Crippen MR) is 79.6 cm³/mol. The molecule has 104 valence electrons. The van der Waals surface area contributed by atoms with Gasteiger partial charge in [0.05, 0.1) is 21.3 Å². The number of hydrogen-bond donors (Lipinski definition) is 0. The first-order chi connectivity index (χ1) is 9.60. The molecular weight excluding hydrogens is 344 g/mol. The van der Waals surface area contributed by atoms with Gasteiger partial charge in [-0.2, -0.15) is 0 Å². The molecule has 2 rings (SSSR count). The van der Waals surface area contributed by atoms with Crippen molar-refractivity contribution in [3.8, 4) is 5.75 Å². The van der Waals surface area contributed by atoms with Gasteiger partial charge in [-0.05, 0) is 52.3 Å². The Labute approximate surface area is 128 Å². The largest absolute Gasteiger partial charge is 0.497 e. The Balaban J connectivity index is 1.92. The van der Waals surface area contributed by atoms with E-state index in [1.165, 1.54) is 11.3 Å². The first kappa shape index (κ1) is 14.7. The van der Waals surface area contributed by atoms with Crippen LogP contribution in [0.3, 0.4) is 0 Å². The van der Waals surface area contributed by atoms with E-state index in [0.29, 0.717) is 16.2 Å². The van der Waals surface area contributed by atoms with Crippen molar-refractivity contribution in [2.24, 2.45) is 0 Å². The van der Waals surface area contributed by atoms with Gasteiger partial charge < -0.3 is 9.47 Å². The molecule has 6 heteroatoms. The molecule has 0 spiro atoms. The number of esters is 1. The van der Waals surface area contributed by atoms with Crippen LogP contribution in [0.5, 0.6) is 5.75 Å². The van der Waals surface area contributed by atoms with E-state index in [0.717, 1.165) is 3.79 Å². The van der Waals surface area contributed by atoms with Crippen LogP contribution >= 0.6 is 27.3 Å². The molecule has 0 aliphatic rings. The Bertz CT molecular complexity index is 618. The summed E-state index contributed by atoms with van der Waals surface area (Å²) in [5.41, 5.74) is 0.381. The minimum atomic E-state index is -0.531. The number of carbonyl (C=O) groups is 2. The third-order valence-electron chi connectivity index (χ3n) is 2.51. The standard InChI is InChI=1S/C14H11BrO4S/c1-18-10-4-2-9(3-5-10)14(17)19-8-11(16)12-6-7-13(15)20-12/h2-7H,8H2,1H3. The van der Waals surface area contributed by atoms with Crippen LogP contribution in [0.4, 0.5) is 0 Å². The average Bonchev–Trinajstić information content (AvgIpc) is 2.91. The molecule has 0 aliphatic heterocycles. The molecule has 0 amide bonds. The zero-order chi connectivity index (χ0) is 14.5. The maximum Gasteiger partial charge on any atom is 0.338 e. The number of ketones is 1. The Hall–Kier alpha value is -1.66. The molecule has 0 saturated heterocycles. The lowest BCUT2D eigenvalue weighted by atomic mass is 10.2. The van der Waals surface area contributed by atoms with Crippen molar-refractivity contribution in [2.75, 3.05) is 13.7 Å². The van der Waals surface area contributed by atoms with E-state index in [1.54, 1.807) is 43.5 Å². The van der Waals surface area contributed by atoms with Crippen LogP contribution in [0.1, 0.15) is 20.0 Å². The monoisotopic (exact) mass is 354 g/mol. The third kappa shape index (κ3) is 3.68. The predicted octanol–water partition coefficient (Wildman–Crippen LogP) is 3.56. The molecule has 2 aromatic rings. The van der Waals surface area contributed by atoms with Crippen molar-refractivity contribution >= 4 is 39.0 Å². The van der Waals surface area contributed by atoms with E-state index in [1.807, 2.05) is 0 Å². The molecule has 4 nitrogen and oxygen atoms in total. The summed E-state index contributed by atoms with van der Waals surface area (Å²) in [7, 11) is 1.55. The Morgan fingerprint density at radius 3 is 2.40 bits per heavy atom. The average molecular weight is 355 g/mol. The SMILES string of the molecule is COc1ccc(C(=O)OCC(=O)c2ccc(Br)s2)cc1. The van der Waals surface area contributed by atoms with Crippen molar-refractivity contribution in [3.63, 3.8) is 0 Å². The summed E-state index contributed by atoms with van der Waals surface area (Å²) in [6.07, 6.45) is 0. The molecule has 0 unspecified atom stereocenters. The van der Waals surface area contributed by atoms with E-state index in [2.05, 4.69) is 15.9 Å². The smallest absolute Gasteiger partial charge is 0.338 e. The number of halogens is 1. The van der Waals surface area contributed by atoms with Crippen LogP contribution in [0.2, 0.25) is 0 Å². The van der Waals surface area contributed by atoms with Crippen LogP contribution in [-0.4, -0.2) is 25.5 Å². The highest BCUT2D eigenvalue weighted by Gasteiger charge is 2.13. The lowest BCUT2D eigenvalue weighted by Gasteiger charge is -2.04. The molecule has 0 bridgehead atoms. The summed E-state index contributed by atoms with van der Waals surface area (Å²) in [4.78, 5) is 24.1. The summed E-state index contributed by atoms with van der Waals surface area (Å²) in [5, 5.41) is 0. The number of carbonyl (C=O) groups excluding carboxylic acids is 2. The van der Waals surface area contributed by atoms with Gasteiger partial charge in [-0.15, -0.1) is 11.3 Å². The van der Waals surface area contributed by atoms with Gasteiger partial charge in [0.1, 0.15) is 5.75 Å². The maximum atomic E-state index is 11.8. The van der Waals surface area contributed by atoms with Crippen molar-refractivity contribution in [1.29, 1.82) is 0 Å². The maximum absolute atomic E-state index is 11.8. The first-order valence-corrected chi connectivity index (χ1v) is 7.31. The zero-order valence-corrected chi connectivity index (χ0v) is 13.0. The fourth-order valence-corrected chi connectivity index (χ4v) is 2.79. The molecule has 1 heterocycles. The van der Waals surface area contributed by atoms with E-state index < -0.39 is 5.97 Å². The van der Waals surface area contributed by atoms with Crippen molar-refractivity contribution in [1.82, 2.24) is 0 Å². The number of rotatable bonds is 5. The van der Waals surface area contributed by atoms with Gasteiger partial charge in [0.15, 0.2) is 6.61 Å². The molecule has 0 saturated carbocycles. The normalized spacial score (nSPS) is 10.1. The Kier molecular flexibility index (Phi) is 4.92. The summed E-state index contributed by atoms with van der Waals surface area (Å²) in [5.74, 6) is -0.0970. The number of thiophene rings is 1. The van der Waals surface area contributed by atoms with Crippen LogP contribution < -0.4 is 4.74 Å². The second-order valence-electron chi connectivity index (χ2n) is 3.83. The molecular formula is C14H11BrO4S. The van der Waals surface area contributed by atoms with Crippen molar-refractivity contribution in [3.05, 3.63) is 50.6 Å². The highest BCUT2D eigenvalue weighted by atomic mass is 79.9. The molecule has 0 fully saturated rings. The van der Waals surface area contributed by atoms with Crippen LogP contribution in [-0.2, 0) is 4.74 Å². The number of hydrogen-bond acceptors (Lipinski definition) is 5. The van der Waals surface area contributed by atoms with Gasteiger partial charge in [0, 0.05) is 0 Å². The quantitative estimate of drug-likeness (QED) is 0.608. The highest BCUT2D eigenvalue weighted by molar-refractivity contribution is 9.11. The molecule has 1 aromatic carbocycles. The van der Waals surface area contributed by atoms with Crippen molar-refractivity contribution in [2.45, 2.75) is 0 Å². The molecule has 1 aromatic heterocycles. The van der Waals surface area contributed by atoms with Gasteiger partial charge in [-0.1, -0.05) is 0 Å². The van der Waals surface area contributed by atoms with Gasteiger partial charge in [0.2, 0.25) is 5.78 Å². The zero-order valence-electron chi connectivity index (χ0n) is 10.6. The van der Waals surface area contributed by atoms with Gasteiger partial charge in [-0.3, -0.25) is 4.79 Å². The third-order valence-corrected chi connectivity index (χ3v) is 4.17. The summed E-state index contributed by atoms with van der Waals surface area (Å²) in [6, 6.07) is 9.98. The molecule has 0 radical (unpaired) electrons. The second-order valence-corrected chi connectivity index (χ2v) is 6.29. The minimum Gasteiger partial charge on any atom is -0.497 e. The fraction of sp³-hybridized carbons (Fsp3) is 0.143. The van der Waals surface area contributed by atoms with Crippen LogP contribution in [0, 0.1) is 0 Å².